The van der Waals surface area contributed by atoms with E-state index in [2.05, 4.69) is 10.6 Å². The molecular weight excluding hydrogens is 228 g/mol. The highest BCUT2D eigenvalue weighted by molar-refractivity contribution is 6.31. The Balaban J connectivity index is 2.40. The first-order valence-electron chi connectivity index (χ1n) is 5.02. The fourth-order valence-electron chi connectivity index (χ4n) is 1.14. The Kier molecular flexibility index (Phi) is 5.08. The van der Waals surface area contributed by atoms with Crippen LogP contribution in [0.15, 0.2) is 24.3 Å². The predicted octanol–water partition coefficient (Wildman–Crippen LogP) is 1.52. The van der Waals surface area contributed by atoms with Crippen LogP contribution in [0.3, 0.4) is 0 Å². The van der Waals surface area contributed by atoms with E-state index in [1.165, 1.54) is 0 Å². The molecule has 4 nitrogen and oxygen atoms in total. The smallest absolute Gasteiger partial charge is 0.315 e. The highest BCUT2D eigenvalue weighted by Gasteiger charge is 2.06. The summed E-state index contributed by atoms with van der Waals surface area (Å²) in [6.07, 6.45) is 0. The van der Waals surface area contributed by atoms with Crippen molar-refractivity contribution < 1.29 is 9.90 Å². The maximum atomic E-state index is 11.3. The van der Waals surface area contributed by atoms with Crippen LogP contribution in [0.2, 0.25) is 5.02 Å². The van der Waals surface area contributed by atoms with E-state index in [0.717, 1.165) is 5.56 Å². The van der Waals surface area contributed by atoms with Crippen LogP contribution < -0.4 is 10.6 Å². The largest absolute Gasteiger partial charge is 0.394 e. The van der Waals surface area contributed by atoms with Gasteiger partial charge < -0.3 is 15.7 Å². The van der Waals surface area contributed by atoms with Crippen LogP contribution in [0, 0.1) is 0 Å². The van der Waals surface area contributed by atoms with Crippen molar-refractivity contribution in [2.45, 2.75) is 19.5 Å². The normalized spacial score (nSPS) is 11.9. The summed E-state index contributed by atoms with van der Waals surface area (Å²) in [4.78, 5) is 11.3. The Labute approximate surface area is 99.6 Å². The zero-order valence-corrected chi connectivity index (χ0v) is 9.79. The Morgan fingerprint density at radius 1 is 1.50 bits per heavy atom. The molecule has 1 unspecified atom stereocenters. The molecule has 0 aliphatic carbocycles. The summed E-state index contributed by atoms with van der Waals surface area (Å²) >= 11 is 5.93. The molecule has 0 aliphatic rings. The highest BCUT2D eigenvalue weighted by atomic mass is 35.5. The first-order chi connectivity index (χ1) is 7.63. The molecule has 0 saturated carbocycles. The molecule has 0 saturated heterocycles. The van der Waals surface area contributed by atoms with E-state index in [1.54, 1.807) is 13.0 Å². The van der Waals surface area contributed by atoms with Gasteiger partial charge in [-0.15, -0.1) is 0 Å². The minimum Gasteiger partial charge on any atom is -0.394 e. The van der Waals surface area contributed by atoms with E-state index in [4.69, 9.17) is 16.7 Å². The van der Waals surface area contributed by atoms with Crippen molar-refractivity contribution in [2.24, 2.45) is 0 Å². The zero-order valence-electron chi connectivity index (χ0n) is 9.03. The van der Waals surface area contributed by atoms with Crippen LogP contribution >= 0.6 is 11.6 Å². The van der Waals surface area contributed by atoms with Crippen LogP contribution in [0.5, 0.6) is 0 Å². The van der Waals surface area contributed by atoms with E-state index < -0.39 is 0 Å². The Morgan fingerprint density at radius 3 is 2.81 bits per heavy atom. The van der Waals surface area contributed by atoms with Gasteiger partial charge in [-0.3, -0.25) is 0 Å². The number of hydrogen-bond donors (Lipinski definition) is 3. The third-order valence-corrected chi connectivity index (χ3v) is 2.42. The Bertz CT molecular complexity index is 358. The van der Waals surface area contributed by atoms with E-state index in [-0.39, 0.29) is 18.7 Å². The number of rotatable bonds is 4. The summed E-state index contributed by atoms with van der Waals surface area (Å²) in [5, 5.41) is 14.6. The number of aliphatic hydroxyl groups excluding tert-OH is 1. The molecule has 0 aliphatic heterocycles. The number of halogens is 1. The molecule has 2 amide bonds. The standard InChI is InChI=1S/C11H15ClN2O2/c1-8(7-15)14-11(16)13-6-9-4-2-3-5-10(9)12/h2-5,8,15H,6-7H2,1H3,(H2,13,14,16). The molecule has 0 spiro atoms. The molecular formula is C11H15ClN2O2. The summed E-state index contributed by atoms with van der Waals surface area (Å²) in [6, 6.07) is 6.73. The quantitative estimate of drug-likeness (QED) is 0.750. The van der Waals surface area contributed by atoms with Crippen LogP contribution in [0.1, 0.15) is 12.5 Å². The van der Waals surface area contributed by atoms with Crippen molar-refractivity contribution >= 4 is 17.6 Å². The topological polar surface area (TPSA) is 61.4 Å². The van der Waals surface area contributed by atoms with E-state index >= 15 is 0 Å². The minimum absolute atomic E-state index is 0.0838. The second-order valence-corrected chi connectivity index (χ2v) is 3.91. The molecule has 0 bridgehead atoms. The fourth-order valence-corrected chi connectivity index (χ4v) is 1.34. The number of nitrogens with one attached hydrogen (secondary N) is 2. The van der Waals surface area contributed by atoms with Crippen molar-refractivity contribution in [3.63, 3.8) is 0 Å². The number of urea groups is 1. The lowest BCUT2D eigenvalue weighted by atomic mass is 10.2. The molecule has 1 rings (SSSR count). The minimum atomic E-state index is -0.318. The maximum absolute atomic E-state index is 11.3. The van der Waals surface area contributed by atoms with Gasteiger partial charge in [-0.2, -0.15) is 0 Å². The van der Waals surface area contributed by atoms with Gasteiger partial charge in [0.05, 0.1) is 12.6 Å². The van der Waals surface area contributed by atoms with Crippen LogP contribution in [0.4, 0.5) is 4.79 Å². The number of carbonyl (C=O) groups is 1. The second kappa shape index (κ2) is 6.35. The molecule has 5 heteroatoms. The summed E-state index contributed by atoms with van der Waals surface area (Å²) in [6.45, 7) is 2.00. The van der Waals surface area contributed by atoms with Gasteiger partial charge in [-0.05, 0) is 18.6 Å². The van der Waals surface area contributed by atoms with Gasteiger partial charge >= 0.3 is 6.03 Å². The highest BCUT2D eigenvalue weighted by Crippen LogP contribution is 2.13. The first-order valence-corrected chi connectivity index (χ1v) is 5.40. The van der Waals surface area contributed by atoms with Crippen molar-refractivity contribution in [3.05, 3.63) is 34.9 Å². The number of amides is 2. The van der Waals surface area contributed by atoms with Gasteiger partial charge in [-0.1, -0.05) is 29.8 Å². The summed E-state index contributed by atoms with van der Waals surface area (Å²) in [7, 11) is 0. The maximum Gasteiger partial charge on any atom is 0.315 e. The van der Waals surface area contributed by atoms with Gasteiger partial charge in [0.25, 0.3) is 0 Å². The average molecular weight is 243 g/mol. The van der Waals surface area contributed by atoms with Gasteiger partial charge in [-0.25, -0.2) is 4.79 Å². The van der Waals surface area contributed by atoms with Crippen LogP contribution in [-0.4, -0.2) is 23.8 Å². The molecule has 0 aromatic heterocycles. The summed E-state index contributed by atoms with van der Waals surface area (Å²) < 4.78 is 0. The Morgan fingerprint density at radius 2 is 2.19 bits per heavy atom. The monoisotopic (exact) mass is 242 g/mol. The third-order valence-electron chi connectivity index (χ3n) is 2.05. The number of benzene rings is 1. The molecule has 1 atom stereocenters. The van der Waals surface area contributed by atoms with Crippen molar-refractivity contribution in [2.75, 3.05) is 6.61 Å². The molecule has 3 N–H and O–H groups in total. The van der Waals surface area contributed by atoms with Crippen LogP contribution in [-0.2, 0) is 6.54 Å². The second-order valence-electron chi connectivity index (χ2n) is 3.50. The molecule has 88 valence electrons. The number of aliphatic hydroxyl groups is 1. The molecule has 16 heavy (non-hydrogen) atoms. The van der Waals surface area contributed by atoms with E-state index in [9.17, 15) is 4.79 Å². The van der Waals surface area contributed by atoms with Gasteiger partial charge in [0, 0.05) is 11.6 Å². The molecule has 0 radical (unpaired) electrons. The molecule has 0 heterocycles. The van der Waals surface area contributed by atoms with Crippen molar-refractivity contribution in [3.8, 4) is 0 Å². The summed E-state index contributed by atoms with van der Waals surface area (Å²) in [5.74, 6) is 0. The van der Waals surface area contributed by atoms with Gasteiger partial charge in [0.2, 0.25) is 0 Å². The molecule has 1 aromatic carbocycles. The van der Waals surface area contributed by atoms with Crippen molar-refractivity contribution in [1.29, 1.82) is 0 Å². The molecule has 1 aromatic rings. The lowest BCUT2D eigenvalue weighted by Crippen LogP contribution is -2.41. The van der Waals surface area contributed by atoms with Gasteiger partial charge in [0.15, 0.2) is 0 Å². The number of carbonyl (C=O) groups excluding carboxylic acids is 1. The van der Waals surface area contributed by atoms with E-state index in [0.29, 0.717) is 11.6 Å². The fraction of sp³-hybridized carbons (Fsp3) is 0.364. The van der Waals surface area contributed by atoms with Crippen LogP contribution in [0.25, 0.3) is 0 Å². The first kappa shape index (κ1) is 12.8. The van der Waals surface area contributed by atoms with Gasteiger partial charge in [0.1, 0.15) is 0 Å². The number of hydrogen-bond acceptors (Lipinski definition) is 2. The lowest BCUT2D eigenvalue weighted by molar-refractivity contribution is 0.220. The molecule has 0 fully saturated rings. The van der Waals surface area contributed by atoms with Crippen molar-refractivity contribution in [1.82, 2.24) is 10.6 Å². The Hall–Kier alpha value is -1.26. The lowest BCUT2D eigenvalue weighted by Gasteiger charge is -2.12. The third kappa shape index (κ3) is 4.08. The average Bonchev–Trinajstić information content (AvgIpc) is 2.28. The summed E-state index contributed by atoms with van der Waals surface area (Å²) in [5.41, 5.74) is 0.857. The predicted molar refractivity (Wildman–Crippen MR) is 63.4 cm³/mol. The van der Waals surface area contributed by atoms with E-state index in [1.807, 2.05) is 18.2 Å². The zero-order chi connectivity index (χ0) is 12.0. The SMILES string of the molecule is CC(CO)NC(=O)NCc1ccccc1Cl.